The molecule has 0 saturated carbocycles. The van der Waals surface area contributed by atoms with E-state index in [0.717, 1.165) is 0 Å². The van der Waals surface area contributed by atoms with E-state index >= 15 is 0 Å². The average Bonchev–Trinajstić information content (AvgIpc) is 2.69. The molecule has 0 bridgehead atoms. The molecule has 0 N–H and O–H groups in total. The maximum Gasteiger partial charge on any atom is 0.0507 e. The van der Waals surface area contributed by atoms with Gasteiger partial charge in [-0.15, -0.1) is 0 Å². The lowest BCUT2D eigenvalue weighted by Gasteiger charge is -2.43. The molecule has 0 aromatic rings. The van der Waals surface area contributed by atoms with E-state index in [9.17, 15) is 0 Å². The molecule has 0 aliphatic carbocycles. The third-order valence-corrected chi connectivity index (χ3v) is 5.58. The van der Waals surface area contributed by atoms with Crippen LogP contribution in [0.5, 0.6) is 0 Å². The maximum absolute atomic E-state index is 2.68. The van der Waals surface area contributed by atoms with Crippen LogP contribution < -0.4 is 0 Å². The smallest absolute Gasteiger partial charge is 0.0507 e. The predicted molar refractivity (Wildman–Crippen MR) is 104 cm³/mol. The minimum Gasteiger partial charge on any atom is -0.302 e. The molecule has 2 aliphatic rings. The van der Waals surface area contributed by atoms with E-state index in [1.165, 1.54) is 78.4 Å². The molecule has 0 amide bonds. The van der Waals surface area contributed by atoms with E-state index in [0.29, 0.717) is 11.0 Å². The molecular formula is C20H42N4. The van der Waals surface area contributed by atoms with Crippen molar-refractivity contribution in [2.75, 3.05) is 65.6 Å². The molecule has 0 aromatic heterocycles. The Hall–Kier alpha value is -0.160. The fourth-order valence-electron chi connectivity index (χ4n) is 3.73. The van der Waals surface area contributed by atoms with Crippen LogP contribution in [0.4, 0.5) is 0 Å². The van der Waals surface area contributed by atoms with Crippen LogP contribution in [0, 0.1) is 5.41 Å². The molecule has 0 radical (unpaired) electrons. The molecule has 2 heterocycles. The SMILES string of the molecule is CC(C)(C)CCN1CCCN(CN2CCN(C(C)(C)C)CC2)CC1. The maximum atomic E-state index is 2.68. The van der Waals surface area contributed by atoms with Crippen LogP contribution >= 0.6 is 0 Å². The highest BCUT2D eigenvalue weighted by molar-refractivity contribution is 4.82. The van der Waals surface area contributed by atoms with Gasteiger partial charge in [-0.3, -0.25) is 14.7 Å². The normalized spacial score (nSPS) is 24.2. The van der Waals surface area contributed by atoms with Gasteiger partial charge in [0.2, 0.25) is 0 Å². The largest absolute Gasteiger partial charge is 0.302 e. The van der Waals surface area contributed by atoms with Crippen LogP contribution in [0.2, 0.25) is 0 Å². The molecule has 24 heavy (non-hydrogen) atoms. The van der Waals surface area contributed by atoms with Crippen molar-refractivity contribution in [3.05, 3.63) is 0 Å². The van der Waals surface area contributed by atoms with E-state index in [1.807, 2.05) is 0 Å². The second-order valence-corrected chi connectivity index (χ2v) is 10.0. The minimum atomic E-state index is 0.322. The quantitative estimate of drug-likeness (QED) is 0.781. The molecule has 2 rings (SSSR count). The van der Waals surface area contributed by atoms with E-state index < -0.39 is 0 Å². The van der Waals surface area contributed by atoms with Crippen molar-refractivity contribution in [1.82, 2.24) is 19.6 Å². The second kappa shape index (κ2) is 8.48. The molecule has 2 aliphatic heterocycles. The van der Waals surface area contributed by atoms with Crippen molar-refractivity contribution >= 4 is 0 Å². The Morgan fingerprint density at radius 1 is 0.625 bits per heavy atom. The van der Waals surface area contributed by atoms with Gasteiger partial charge in [-0.25, -0.2) is 0 Å². The lowest BCUT2D eigenvalue weighted by molar-refractivity contribution is 0.0339. The summed E-state index contributed by atoms with van der Waals surface area (Å²) in [5.74, 6) is 0. The number of rotatable bonds is 4. The lowest BCUT2D eigenvalue weighted by Crippen LogP contribution is -2.55. The number of piperazine rings is 1. The Morgan fingerprint density at radius 2 is 1.12 bits per heavy atom. The predicted octanol–water partition coefficient (Wildman–Crippen LogP) is 2.80. The van der Waals surface area contributed by atoms with Crippen LogP contribution in [-0.4, -0.2) is 90.7 Å². The Bertz CT molecular complexity index is 361. The van der Waals surface area contributed by atoms with Gasteiger partial charge in [0.15, 0.2) is 0 Å². The zero-order chi connectivity index (χ0) is 17.8. The average molecular weight is 339 g/mol. The summed E-state index contributed by atoms with van der Waals surface area (Å²) in [6, 6.07) is 0. The molecule has 2 fully saturated rings. The van der Waals surface area contributed by atoms with Gasteiger partial charge in [0, 0.05) is 51.4 Å². The molecule has 0 atom stereocenters. The minimum absolute atomic E-state index is 0.322. The van der Waals surface area contributed by atoms with Gasteiger partial charge in [0.05, 0.1) is 6.67 Å². The van der Waals surface area contributed by atoms with Crippen molar-refractivity contribution in [3.63, 3.8) is 0 Å². The van der Waals surface area contributed by atoms with Gasteiger partial charge in [-0.05, 0) is 52.1 Å². The van der Waals surface area contributed by atoms with Crippen molar-refractivity contribution < 1.29 is 0 Å². The number of hydrogen-bond donors (Lipinski definition) is 0. The van der Waals surface area contributed by atoms with Crippen LogP contribution in [0.25, 0.3) is 0 Å². The summed E-state index contributed by atoms with van der Waals surface area (Å²) in [6.07, 6.45) is 2.63. The Kier molecular flexibility index (Phi) is 7.12. The van der Waals surface area contributed by atoms with E-state index in [2.05, 4.69) is 61.1 Å². The summed E-state index contributed by atoms with van der Waals surface area (Å²) in [4.78, 5) is 10.7. The Balaban J connectivity index is 1.69. The molecule has 4 nitrogen and oxygen atoms in total. The molecular weight excluding hydrogens is 296 g/mol. The summed E-state index contributed by atoms with van der Waals surface area (Å²) >= 11 is 0. The van der Waals surface area contributed by atoms with Gasteiger partial charge in [-0.2, -0.15) is 0 Å². The fraction of sp³-hybridized carbons (Fsp3) is 1.00. The zero-order valence-electron chi connectivity index (χ0n) is 17.3. The Labute approximate surface area is 151 Å². The molecule has 142 valence electrons. The van der Waals surface area contributed by atoms with Crippen molar-refractivity contribution in [2.45, 2.75) is 59.9 Å². The first-order valence-corrected chi connectivity index (χ1v) is 10.1. The van der Waals surface area contributed by atoms with E-state index in [4.69, 9.17) is 0 Å². The first kappa shape index (κ1) is 20.2. The summed E-state index contributed by atoms with van der Waals surface area (Å²) < 4.78 is 0. The topological polar surface area (TPSA) is 13.0 Å². The molecule has 0 unspecified atom stereocenters. The zero-order valence-corrected chi connectivity index (χ0v) is 17.3. The fourth-order valence-corrected chi connectivity index (χ4v) is 3.73. The van der Waals surface area contributed by atoms with Gasteiger partial charge in [0.25, 0.3) is 0 Å². The van der Waals surface area contributed by atoms with Crippen molar-refractivity contribution in [2.24, 2.45) is 5.41 Å². The van der Waals surface area contributed by atoms with Crippen LogP contribution in [-0.2, 0) is 0 Å². The second-order valence-electron chi connectivity index (χ2n) is 10.0. The van der Waals surface area contributed by atoms with E-state index in [-0.39, 0.29) is 0 Å². The summed E-state index contributed by atoms with van der Waals surface area (Å²) in [6.45, 7) is 26.4. The van der Waals surface area contributed by atoms with Crippen LogP contribution in [0.15, 0.2) is 0 Å². The Morgan fingerprint density at radius 3 is 1.71 bits per heavy atom. The monoisotopic (exact) mass is 338 g/mol. The molecule has 4 heteroatoms. The highest BCUT2D eigenvalue weighted by Crippen LogP contribution is 2.20. The first-order chi connectivity index (χ1) is 11.1. The standard InChI is InChI=1S/C20H42N4/c1-19(2,3)8-11-21-9-7-10-22(13-12-21)18-23-14-16-24(17-15-23)20(4,5)6/h7-18H2,1-6H3. The highest BCUT2D eigenvalue weighted by Gasteiger charge is 2.27. The summed E-state index contributed by atoms with van der Waals surface area (Å²) in [7, 11) is 0. The molecule has 0 spiro atoms. The van der Waals surface area contributed by atoms with Crippen molar-refractivity contribution in [1.29, 1.82) is 0 Å². The number of hydrogen-bond acceptors (Lipinski definition) is 4. The van der Waals surface area contributed by atoms with Gasteiger partial charge < -0.3 is 4.90 Å². The first-order valence-electron chi connectivity index (χ1n) is 10.1. The van der Waals surface area contributed by atoms with Gasteiger partial charge in [-0.1, -0.05) is 20.8 Å². The third-order valence-electron chi connectivity index (χ3n) is 5.58. The summed E-state index contributed by atoms with van der Waals surface area (Å²) in [5.41, 5.74) is 0.779. The van der Waals surface area contributed by atoms with Crippen LogP contribution in [0.3, 0.4) is 0 Å². The lowest BCUT2D eigenvalue weighted by atomic mass is 9.92. The molecule has 2 saturated heterocycles. The molecule has 0 aromatic carbocycles. The number of nitrogens with zero attached hydrogens (tertiary/aromatic N) is 4. The van der Waals surface area contributed by atoms with E-state index in [1.54, 1.807) is 0 Å². The van der Waals surface area contributed by atoms with Gasteiger partial charge in [0.1, 0.15) is 0 Å². The van der Waals surface area contributed by atoms with Crippen LogP contribution in [0.1, 0.15) is 54.4 Å². The third kappa shape index (κ3) is 6.99. The van der Waals surface area contributed by atoms with Crippen molar-refractivity contribution in [3.8, 4) is 0 Å². The van der Waals surface area contributed by atoms with Gasteiger partial charge >= 0.3 is 0 Å². The highest BCUT2D eigenvalue weighted by atomic mass is 15.4. The summed E-state index contributed by atoms with van der Waals surface area (Å²) in [5, 5.41) is 0.